The molecule has 0 aromatic carbocycles. The molecule has 1 saturated carbocycles. The van der Waals surface area contributed by atoms with Gasteiger partial charge >= 0.3 is 0 Å². The molecule has 2 N–H and O–H groups in total. The first kappa shape index (κ1) is 14.2. The summed E-state index contributed by atoms with van der Waals surface area (Å²) >= 11 is 0. The molecule has 0 amide bonds. The Morgan fingerprint density at radius 3 is 2.61 bits per heavy atom. The third-order valence-electron chi connectivity index (χ3n) is 3.48. The van der Waals surface area contributed by atoms with Crippen LogP contribution in [0.1, 0.15) is 33.1 Å². The number of sulfonamides is 1. The molecule has 1 heterocycles. The van der Waals surface area contributed by atoms with Crippen molar-refractivity contribution in [2.45, 2.75) is 51.3 Å². The first-order valence-electron chi connectivity index (χ1n) is 6.83. The smallest absolute Gasteiger partial charge is 0.213 e. The van der Waals surface area contributed by atoms with Crippen molar-refractivity contribution in [2.24, 2.45) is 5.92 Å². The SMILES string of the molecule is CC(C)NCCS(=O)(=O)NC1CCOC1C1CC1. The second-order valence-corrected chi connectivity index (χ2v) is 7.49. The van der Waals surface area contributed by atoms with Gasteiger partial charge in [-0.25, -0.2) is 13.1 Å². The third-order valence-corrected chi connectivity index (χ3v) is 4.88. The lowest BCUT2D eigenvalue weighted by Crippen LogP contribution is -2.44. The van der Waals surface area contributed by atoms with Gasteiger partial charge in [0.25, 0.3) is 0 Å². The molecule has 18 heavy (non-hydrogen) atoms. The van der Waals surface area contributed by atoms with E-state index in [2.05, 4.69) is 10.0 Å². The Morgan fingerprint density at radius 2 is 2.00 bits per heavy atom. The predicted molar refractivity (Wildman–Crippen MR) is 70.9 cm³/mol. The van der Waals surface area contributed by atoms with Crippen LogP contribution < -0.4 is 10.0 Å². The zero-order valence-corrected chi connectivity index (χ0v) is 12.0. The minimum absolute atomic E-state index is 0.0125. The van der Waals surface area contributed by atoms with Crippen LogP contribution in [0.2, 0.25) is 0 Å². The first-order valence-corrected chi connectivity index (χ1v) is 8.48. The molecule has 0 spiro atoms. The molecule has 2 aliphatic rings. The first-order chi connectivity index (χ1) is 8.48. The number of nitrogens with one attached hydrogen (secondary N) is 2. The van der Waals surface area contributed by atoms with Crippen LogP contribution in [0.3, 0.4) is 0 Å². The van der Waals surface area contributed by atoms with Gasteiger partial charge in [-0.1, -0.05) is 13.8 Å². The lowest BCUT2D eigenvalue weighted by atomic mass is 10.1. The van der Waals surface area contributed by atoms with Crippen molar-refractivity contribution in [3.05, 3.63) is 0 Å². The summed E-state index contributed by atoms with van der Waals surface area (Å²) in [5, 5.41) is 3.12. The number of hydrogen-bond donors (Lipinski definition) is 2. The normalized spacial score (nSPS) is 29.1. The highest BCUT2D eigenvalue weighted by Crippen LogP contribution is 2.38. The zero-order chi connectivity index (χ0) is 13.2. The molecule has 2 fully saturated rings. The molecular weight excluding hydrogens is 252 g/mol. The minimum Gasteiger partial charge on any atom is -0.376 e. The van der Waals surface area contributed by atoms with Crippen LogP contribution in [0.25, 0.3) is 0 Å². The van der Waals surface area contributed by atoms with Crippen molar-refractivity contribution in [1.29, 1.82) is 0 Å². The van der Waals surface area contributed by atoms with E-state index in [1.165, 1.54) is 12.8 Å². The number of hydrogen-bond acceptors (Lipinski definition) is 4. The summed E-state index contributed by atoms with van der Waals surface area (Å²) in [4.78, 5) is 0. The second-order valence-electron chi connectivity index (χ2n) is 5.61. The Balaban J connectivity index is 1.79. The third kappa shape index (κ3) is 4.19. The Morgan fingerprint density at radius 1 is 1.28 bits per heavy atom. The summed E-state index contributed by atoms with van der Waals surface area (Å²) in [7, 11) is -3.19. The maximum absolute atomic E-state index is 11.9. The fourth-order valence-corrected chi connectivity index (χ4v) is 3.62. The minimum atomic E-state index is -3.19. The lowest BCUT2D eigenvalue weighted by Gasteiger charge is -2.19. The molecule has 6 heteroatoms. The Bertz CT molecular complexity index is 366. The quantitative estimate of drug-likeness (QED) is 0.709. The Labute approximate surface area is 110 Å². The van der Waals surface area contributed by atoms with Crippen LogP contribution in [-0.2, 0) is 14.8 Å². The van der Waals surface area contributed by atoms with Gasteiger partial charge < -0.3 is 10.1 Å². The summed E-state index contributed by atoms with van der Waals surface area (Å²) in [6.07, 6.45) is 3.27. The summed E-state index contributed by atoms with van der Waals surface area (Å²) in [5.41, 5.74) is 0. The van der Waals surface area contributed by atoms with Gasteiger partial charge in [0.2, 0.25) is 10.0 Å². The molecule has 5 nitrogen and oxygen atoms in total. The number of ether oxygens (including phenoxy) is 1. The molecule has 1 aliphatic carbocycles. The van der Waals surface area contributed by atoms with Crippen LogP contribution >= 0.6 is 0 Å². The summed E-state index contributed by atoms with van der Waals surface area (Å²) < 4.78 is 32.3. The van der Waals surface area contributed by atoms with E-state index in [-0.39, 0.29) is 17.9 Å². The van der Waals surface area contributed by atoms with E-state index >= 15 is 0 Å². The fraction of sp³-hybridized carbons (Fsp3) is 1.00. The van der Waals surface area contributed by atoms with Gasteiger partial charge in [-0.05, 0) is 25.2 Å². The second kappa shape index (κ2) is 5.86. The maximum Gasteiger partial charge on any atom is 0.213 e. The van der Waals surface area contributed by atoms with Crippen LogP contribution in [-0.4, -0.2) is 45.5 Å². The molecule has 1 saturated heterocycles. The summed E-state index contributed by atoms with van der Waals surface area (Å²) in [6, 6.07) is 0.302. The standard InChI is InChI=1S/C12H24N2O3S/c1-9(2)13-6-8-18(15,16)14-11-5-7-17-12(11)10-3-4-10/h9-14H,3-8H2,1-2H3. The number of rotatable bonds is 7. The average molecular weight is 276 g/mol. The van der Waals surface area contributed by atoms with E-state index in [1.54, 1.807) is 0 Å². The van der Waals surface area contributed by atoms with Crippen molar-refractivity contribution in [3.63, 3.8) is 0 Å². The van der Waals surface area contributed by atoms with Crippen molar-refractivity contribution in [1.82, 2.24) is 10.0 Å². The molecule has 2 unspecified atom stereocenters. The van der Waals surface area contributed by atoms with Crippen LogP contribution in [0.15, 0.2) is 0 Å². The highest BCUT2D eigenvalue weighted by atomic mass is 32.2. The van der Waals surface area contributed by atoms with E-state index in [4.69, 9.17) is 4.74 Å². The van der Waals surface area contributed by atoms with Crippen LogP contribution in [0, 0.1) is 5.92 Å². The van der Waals surface area contributed by atoms with Gasteiger partial charge in [0, 0.05) is 19.2 Å². The van der Waals surface area contributed by atoms with Crippen LogP contribution in [0.4, 0.5) is 0 Å². The average Bonchev–Trinajstić information content (AvgIpc) is 2.99. The van der Waals surface area contributed by atoms with Crippen molar-refractivity contribution in [2.75, 3.05) is 18.9 Å². The topological polar surface area (TPSA) is 67.4 Å². The van der Waals surface area contributed by atoms with E-state index in [0.717, 1.165) is 6.42 Å². The lowest BCUT2D eigenvalue weighted by molar-refractivity contribution is 0.0848. The molecule has 106 valence electrons. The highest BCUT2D eigenvalue weighted by Gasteiger charge is 2.41. The van der Waals surface area contributed by atoms with Crippen molar-refractivity contribution >= 4 is 10.0 Å². The Hall–Kier alpha value is -0.170. The van der Waals surface area contributed by atoms with E-state index in [1.807, 2.05) is 13.8 Å². The summed E-state index contributed by atoms with van der Waals surface area (Å²) in [5.74, 6) is 0.716. The van der Waals surface area contributed by atoms with Gasteiger partial charge in [-0.15, -0.1) is 0 Å². The van der Waals surface area contributed by atoms with E-state index in [0.29, 0.717) is 25.1 Å². The molecule has 2 atom stereocenters. The van der Waals surface area contributed by atoms with Gasteiger partial charge in [-0.3, -0.25) is 0 Å². The van der Waals surface area contributed by atoms with Gasteiger partial charge in [0.1, 0.15) is 0 Å². The fourth-order valence-electron chi connectivity index (χ4n) is 2.40. The van der Waals surface area contributed by atoms with Crippen molar-refractivity contribution < 1.29 is 13.2 Å². The molecule has 0 aromatic heterocycles. The van der Waals surface area contributed by atoms with Gasteiger partial charge in [0.05, 0.1) is 17.9 Å². The zero-order valence-electron chi connectivity index (χ0n) is 11.2. The maximum atomic E-state index is 11.9. The highest BCUT2D eigenvalue weighted by molar-refractivity contribution is 7.89. The van der Waals surface area contributed by atoms with Crippen molar-refractivity contribution in [3.8, 4) is 0 Å². The molecule has 2 rings (SSSR count). The monoisotopic (exact) mass is 276 g/mol. The van der Waals surface area contributed by atoms with E-state index in [9.17, 15) is 8.42 Å². The Kier molecular flexibility index (Phi) is 4.64. The molecular formula is C12H24N2O3S. The van der Waals surface area contributed by atoms with E-state index < -0.39 is 10.0 Å². The largest absolute Gasteiger partial charge is 0.376 e. The summed E-state index contributed by atoms with van der Waals surface area (Å²) in [6.45, 7) is 5.19. The van der Waals surface area contributed by atoms with Gasteiger partial charge in [-0.2, -0.15) is 0 Å². The molecule has 0 aromatic rings. The molecule has 0 radical (unpaired) electrons. The van der Waals surface area contributed by atoms with Crippen LogP contribution in [0.5, 0.6) is 0 Å². The molecule has 0 bridgehead atoms. The van der Waals surface area contributed by atoms with Gasteiger partial charge in [0.15, 0.2) is 0 Å². The molecule has 1 aliphatic heterocycles. The predicted octanol–water partition coefficient (Wildman–Crippen LogP) is 0.471.